The van der Waals surface area contributed by atoms with Crippen LogP contribution in [-0.4, -0.2) is 79.3 Å². The Morgan fingerprint density at radius 3 is 1.45 bits per heavy atom. The van der Waals surface area contributed by atoms with Gasteiger partial charge in [-0.25, -0.2) is 0 Å². The first-order valence-electron chi connectivity index (χ1n) is 8.26. The van der Waals surface area contributed by atoms with E-state index in [1.807, 2.05) is 0 Å². The highest BCUT2D eigenvalue weighted by Crippen LogP contribution is 2.31. The molecule has 0 spiro atoms. The van der Waals surface area contributed by atoms with Crippen molar-refractivity contribution in [3.05, 3.63) is 0 Å². The Morgan fingerprint density at radius 1 is 0.727 bits per heavy atom. The van der Waals surface area contributed by atoms with Gasteiger partial charge in [0, 0.05) is 73.8 Å². The van der Waals surface area contributed by atoms with Crippen LogP contribution in [0.3, 0.4) is 0 Å². The predicted octanol–water partition coefficient (Wildman–Crippen LogP) is 0.686. The van der Waals surface area contributed by atoms with Crippen molar-refractivity contribution in [2.45, 2.75) is 12.5 Å². The van der Waals surface area contributed by atoms with Gasteiger partial charge in [0.15, 0.2) is 0 Å². The first kappa shape index (κ1) is 19.2. The molecule has 0 atom stereocenters. The van der Waals surface area contributed by atoms with Gasteiger partial charge in [-0.1, -0.05) is 6.92 Å². The minimum absolute atomic E-state index is 0.192. The summed E-state index contributed by atoms with van der Waals surface area (Å²) in [5.74, 6) is 7.35. The number of thioether (sulfide) groups is 3. The highest BCUT2D eigenvalue weighted by Gasteiger charge is 2.27. The van der Waals surface area contributed by atoms with Crippen molar-refractivity contribution < 1.29 is 0 Å². The van der Waals surface area contributed by atoms with Crippen LogP contribution in [0.25, 0.3) is 0 Å². The van der Waals surface area contributed by atoms with Crippen LogP contribution < -0.4 is 21.7 Å². The van der Waals surface area contributed by atoms with E-state index < -0.39 is 0 Å². The third kappa shape index (κ3) is 7.20. The molecule has 0 amide bonds. The minimum Gasteiger partial charge on any atom is -0.322 e. The second-order valence-electron chi connectivity index (χ2n) is 6.86. The SMILES string of the molecule is CC12CSCCNCC(N)(CNCCSC1)CNCCSC2. The molecule has 3 heterocycles. The molecule has 0 unspecified atom stereocenters. The van der Waals surface area contributed by atoms with E-state index in [0.29, 0.717) is 5.41 Å². The second-order valence-corrected chi connectivity index (χ2v) is 10.2. The summed E-state index contributed by atoms with van der Waals surface area (Å²) in [6.07, 6.45) is 0. The average molecular weight is 365 g/mol. The lowest BCUT2D eigenvalue weighted by atomic mass is 9.99. The molecule has 0 radical (unpaired) electrons. The maximum absolute atomic E-state index is 6.61. The van der Waals surface area contributed by atoms with Gasteiger partial charge in [0.1, 0.15) is 0 Å². The lowest BCUT2D eigenvalue weighted by Gasteiger charge is -2.33. The number of nitrogens with one attached hydrogen (secondary N) is 3. The monoisotopic (exact) mass is 364 g/mol. The molecule has 5 N–H and O–H groups in total. The summed E-state index contributed by atoms with van der Waals surface area (Å²) >= 11 is 6.30. The van der Waals surface area contributed by atoms with Gasteiger partial charge < -0.3 is 21.7 Å². The highest BCUT2D eigenvalue weighted by molar-refractivity contribution is 8.01. The lowest BCUT2D eigenvalue weighted by Crippen LogP contribution is -2.61. The average Bonchev–Trinajstić information content (AvgIpc) is 2.49. The van der Waals surface area contributed by atoms with Crippen molar-refractivity contribution in [1.82, 2.24) is 16.0 Å². The molecular formula is C15H32N4S3. The molecular weight excluding hydrogens is 332 g/mol. The second kappa shape index (κ2) is 10.0. The first-order valence-corrected chi connectivity index (χ1v) is 11.7. The number of rotatable bonds is 0. The van der Waals surface area contributed by atoms with E-state index in [2.05, 4.69) is 58.2 Å². The maximum atomic E-state index is 6.61. The van der Waals surface area contributed by atoms with Crippen molar-refractivity contribution in [3.63, 3.8) is 0 Å². The minimum atomic E-state index is -0.192. The molecule has 3 aliphatic heterocycles. The van der Waals surface area contributed by atoms with Gasteiger partial charge in [-0.2, -0.15) is 35.3 Å². The van der Waals surface area contributed by atoms with E-state index >= 15 is 0 Å². The Labute approximate surface area is 148 Å². The molecule has 130 valence electrons. The normalized spacial score (nSPS) is 37.4. The fourth-order valence-corrected chi connectivity index (χ4v) is 6.49. The summed E-state index contributed by atoms with van der Waals surface area (Å²) in [7, 11) is 0. The van der Waals surface area contributed by atoms with Crippen LogP contribution in [0.15, 0.2) is 0 Å². The molecule has 2 bridgehead atoms. The van der Waals surface area contributed by atoms with Crippen LogP contribution in [0, 0.1) is 5.41 Å². The quantitative estimate of drug-likeness (QED) is 0.504. The van der Waals surface area contributed by atoms with Crippen LogP contribution >= 0.6 is 35.3 Å². The number of nitrogens with two attached hydrogens (primary N) is 1. The van der Waals surface area contributed by atoms with Gasteiger partial charge in [-0.05, 0) is 5.41 Å². The largest absolute Gasteiger partial charge is 0.322 e. The summed E-state index contributed by atoms with van der Waals surface area (Å²) in [5.41, 5.74) is 6.87. The van der Waals surface area contributed by atoms with Crippen molar-refractivity contribution >= 4 is 35.3 Å². The fourth-order valence-electron chi connectivity index (χ4n) is 2.71. The van der Waals surface area contributed by atoms with Crippen LogP contribution in [-0.2, 0) is 0 Å². The van der Waals surface area contributed by atoms with Crippen LogP contribution in [0.4, 0.5) is 0 Å². The van der Waals surface area contributed by atoms with Crippen molar-refractivity contribution in [2.24, 2.45) is 11.1 Å². The van der Waals surface area contributed by atoms with E-state index in [-0.39, 0.29) is 5.54 Å². The van der Waals surface area contributed by atoms with Gasteiger partial charge >= 0.3 is 0 Å². The van der Waals surface area contributed by atoms with E-state index in [9.17, 15) is 0 Å². The molecule has 4 nitrogen and oxygen atoms in total. The predicted molar refractivity (Wildman–Crippen MR) is 106 cm³/mol. The lowest BCUT2D eigenvalue weighted by molar-refractivity contribution is 0.360. The highest BCUT2D eigenvalue weighted by atomic mass is 32.2. The Morgan fingerprint density at radius 2 is 1.09 bits per heavy atom. The van der Waals surface area contributed by atoms with Crippen molar-refractivity contribution in [3.8, 4) is 0 Å². The molecule has 0 aliphatic carbocycles. The molecule has 0 aromatic heterocycles. The van der Waals surface area contributed by atoms with Gasteiger partial charge in [0.2, 0.25) is 0 Å². The Bertz CT molecular complexity index is 244. The molecule has 22 heavy (non-hydrogen) atoms. The topological polar surface area (TPSA) is 62.1 Å². The summed E-state index contributed by atoms with van der Waals surface area (Å²) in [6.45, 7) is 8.28. The van der Waals surface area contributed by atoms with Gasteiger partial charge in [0.25, 0.3) is 0 Å². The molecule has 0 aromatic carbocycles. The molecule has 3 saturated heterocycles. The Kier molecular flexibility index (Phi) is 8.75. The zero-order chi connectivity index (χ0) is 15.7. The van der Waals surface area contributed by atoms with E-state index in [4.69, 9.17) is 5.73 Å². The summed E-state index contributed by atoms with van der Waals surface area (Å²) in [5, 5.41) is 10.7. The summed E-state index contributed by atoms with van der Waals surface area (Å²) < 4.78 is 0. The van der Waals surface area contributed by atoms with E-state index in [1.165, 1.54) is 34.5 Å². The number of fused-ring (bicyclic) bond motifs is 15. The number of hydrogen-bond donors (Lipinski definition) is 4. The molecule has 0 aromatic rings. The molecule has 0 saturated carbocycles. The van der Waals surface area contributed by atoms with Gasteiger partial charge in [0.05, 0.1) is 5.54 Å². The van der Waals surface area contributed by atoms with Crippen LogP contribution in [0.1, 0.15) is 6.92 Å². The fraction of sp³-hybridized carbons (Fsp3) is 1.00. The van der Waals surface area contributed by atoms with Gasteiger partial charge in [-0.15, -0.1) is 0 Å². The summed E-state index contributed by atoms with van der Waals surface area (Å²) in [6, 6.07) is 0. The van der Waals surface area contributed by atoms with Crippen molar-refractivity contribution in [2.75, 3.05) is 73.8 Å². The van der Waals surface area contributed by atoms with Crippen LogP contribution in [0.5, 0.6) is 0 Å². The van der Waals surface area contributed by atoms with E-state index in [0.717, 1.165) is 39.3 Å². The zero-order valence-corrected chi connectivity index (χ0v) is 16.2. The standard InChI is InChI=1S/C15H32N4S3/c1-14-11-20-5-2-17-8-15(16,9-18-3-6-21-12-14)10-19-4-7-22-13-14/h17-19H,2-13,16H2,1H3. The van der Waals surface area contributed by atoms with E-state index in [1.54, 1.807) is 0 Å². The van der Waals surface area contributed by atoms with Crippen molar-refractivity contribution in [1.29, 1.82) is 0 Å². The molecule has 3 aliphatic rings. The Balaban J connectivity index is 2.03. The first-order chi connectivity index (χ1) is 10.6. The smallest absolute Gasteiger partial charge is 0.0533 e. The summed E-state index contributed by atoms with van der Waals surface area (Å²) in [4.78, 5) is 0. The molecule has 7 heteroatoms. The maximum Gasteiger partial charge on any atom is 0.0533 e. The third-order valence-electron chi connectivity index (χ3n) is 4.05. The van der Waals surface area contributed by atoms with Gasteiger partial charge in [-0.3, -0.25) is 0 Å². The zero-order valence-electron chi connectivity index (χ0n) is 13.8. The third-order valence-corrected chi connectivity index (χ3v) is 8.23. The van der Waals surface area contributed by atoms with Crippen LogP contribution in [0.2, 0.25) is 0 Å². The Hall–Kier alpha value is 0.890. The molecule has 3 rings (SSSR count). The number of hydrogen-bond acceptors (Lipinski definition) is 7. The molecule has 3 fully saturated rings.